The SMILES string of the molecule is N[C@H]1[C@H]2OC3(CCCCC3)O[C@H]2O[C@@H]1[C@H]1COC2(CCCCC2)O1. The molecule has 24 heavy (non-hydrogen) atoms. The number of fused-ring (bicyclic) bond motifs is 1. The zero-order valence-electron chi connectivity index (χ0n) is 14.3. The highest BCUT2D eigenvalue weighted by Gasteiger charge is 2.60. The summed E-state index contributed by atoms with van der Waals surface area (Å²) in [6, 6.07) is -0.219. The molecule has 0 amide bonds. The zero-order chi connectivity index (χ0) is 16.2. The summed E-state index contributed by atoms with van der Waals surface area (Å²) in [7, 11) is 0. The van der Waals surface area contributed by atoms with Crippen molar-refractivity contribution in [1.82, 2.24) is 0 Å². The van der Waals surface area contributed by atoms with Gasteiger partial charge in [-0.1, -0.05) is 12.8 Å². The molecule has 3 heterocycles. The number of hydrogen-bond donors (Lipinski definition) is 1. The maximum atomic E-state index is 6.49. The summed E-state index contributed by atoms with van der Waals surface area (Å²) in [5.41, 5.74) is 6.49. The molecular formula is C18H29NO5. The predicted molar refractivity (Wildman–Crippen MR) is 85.1 cm³/mol. The Morgan fingerprint density at radius 1 is 0.708 bits per heavy atom. The second kappa shape index (κ2) is 5.89. The van der Waals surface area contributed by atoms with Gasteiger partial charge in [-0.05, 0) is 25.7 Å². The van der Waals surface area contributed by atoms with Crippen LogP contribution in [0.25, 0.3) is 0 Å². The first kappa shape index (κ1) is 16.0. The first-order chi connectivity index (χ1) is 11.7. The van der Waals surface area contributed by atoms with Crippen LogP contribution in [0.4, 0.5) is 0 Å². The molecule has 6 heteroatoms. The fraction of sp³-hybridized carbons (Fsp3) is 1.00. The highest BCUT2D eigenvalue weighted by molar-refractivity contribution is 5.02. The van der Waals surface area contributed by atoms with Gasteiger partial charge in [-0.2, -0.15) is 0 Å². The summed E-state index contributed by atoms with van der Waals surface area (Å²) in [4.78, 5) is 0. The van der Waals surface area contributed by atoms with Gasteiger partial charge in [0.2, 0.25) is 0 Å². The van der Waals surface area contributed by atoms with E-state index in [0.717, 1.165) is 38.5 Å². The quantitative estimate of drug-likeness (QED) is 0.789. The molecule has 2 N–H and O–H groups in total. The summed E-state index contributed by atoms with van der Waals surface area (Å²) >= 11 is 0. The van der Waals surface area contributed by atoms with Crippen molar-refractivity contribution in [3.8, 4) is 0 Å². The Morgan fingerprint density at radius 3 is 2.04 bits per heavy atom. The Labute approximate surface area is 143 Å². The average molecular weight is 339 g/mol. The van der Waals surface area contributed by atoms with Gasteiger partial charge in [0.25, 0.3) is 0 Å². The summed E-state index contributed by atoms with van der Waals surface area (Å²) in [6.45, 7) is 0.558. The summed E-state index contributed by atoms with van der Waals surface area (Å²) in [5.74, 6) is -0.843. The molecule has 0 aromatic carbocycles. The van der Waals surface area contributed by atoms with Crippen LogP contribution in [0.3, 0.4) is 0 Å². The van der Waals surface area contributed by atoms with Crippen LogP contribution in [0.2, 0.25) is 0 Å². The zero-order valence-corrected chi connectivity index (χ0v) is 14.3. The fourth-order valence-corrected chi connectivity index (χ4v) is 5.16. The van der Waals surface area contributed by atoms with Gasteiger partial charge in [0.1, 0.15) is 18.3 Å². The van der Waals surface area contributed by atoms with Gasteiger partial charge < -0.3 is 29.4 Å². The van der Waals surface area contributed by atoms with Crippen LogP contribution >= 0.6 is 0 Å². The maximum Gasteiger partial charge on any atom is 0.189 e. The average Bonchev–Trinajstić information content (AvgIpc) is 3.23. The van der Waals surface area contributed by atoms with Crippen molar-refractivity contribution in [2.24, 2.45) is 5.73 Å². The third-order valence-corrected chi connectivity index (χ3v) is 6.47. The van der Waals surface area contributed by atoms with Gasteiger partial charge in [-0.15, -0.1) is 0 Å². The standard InChI is InChI=1S/C18H29NO5/c19-13-14(12-11-20-17(22-12)7-3-1-4-8-17)21-16-15(13)23-18(24-16)9-5-2-6-10-18/h12-16H,1-11,19H2/t12-,13-,14-,15-,16-/m1/s1. The molecule has 5 fully saturated rings. The molecule has 5 aliphatic rings. The van der Waals surface area contributed by atoms with E-state index in [4.69, 9.17) is 29.4 Å². The van der Waals surface area contributed by atoms with Crippen LogP contribution in [0.15, 0.2) is 0 Å². The van der Waals surface area contributed by atoms with Crippen LogP contribution in [-0.2, 0) is 23.7 Å². The molecular weight excluding hydrogens is 310 g/mol. The second-order valence-electron chi connectivity index (χ2n) is 8.16. The van der Waals surface area contributed by atoms with Crippen LogP contribution < -0.4 is 5.73 Å². The number of rotatable bonds is 1. The molecule has 0 radical (unpaired) electrons. The largest absolute Gasteiger partial charge is 0.347 e. The summed E-state index contributed by atoms with van der Waals surface area (Å²) in [5, 5.41) is 0. The van der Waals surface area contributed by atoms with Crippen LogP contribution in [-0.4, -0.2) is 48.8 Å². The van der Waals surface area contributed by atoms with Crippen molar-refractivity contribution in [2.75, 3.05) is 6.61 Å². The van der Waals surface area contributed by atoms with Crippen LogP contribution in [0, 0.1) is 0 Å². The van der Waals surface area contributed by atoms with Gasteiger partial charge in [0.15, 0.2) is 17.9 Å². The lowest BCUT2D eigenvalue weighted by Gasteiger charge is -2.35. The molecule has 5 rings (SSSR count). The Balaban J connectivity index is 1.24. The van der Waals surface area contributed by atoms with E-state index in [0.29, 0.717) is 6.61 Å². The highest BCUT2D eigenvalue weighted by Crippen LogP contribution is 2.47. The molecule has 3 aliphatic heterocycles. The fourth-order valence-electron chi connectivity index (χ4n) is 5.16. The Kier molecular flexibility index (Phi) is 3.92. The predicted octanol–water partition coefficient (Wildman–Crippen LogP) is 2.19. The van der Waals surface area contributed by atoms with Gasteiger partial charge in [-0.25, -0.2) is 0 Å². The first-order valence-corrected chi connectivity index (χ1v) is 9.77. The number of hydrogen-bond acceptors (Lipinski definition) is 6. The smallest absolute Gasteiger partial charge is 0.189 e. The molecule has 0 bridgehead atoms. The van der Waals surface area contributed by atoms with E-state index in [1.807, 2.05) is 0 Å². The lowest BCUT2D eigenvalue weighted by Crippen LogP contribution is -2.48. The number of nitrogens with two attached hydrogens (primary N) is 1. The minimum atomic E-state index is -0.451. The summed E-state index contributed by atoms with van der Waals surface area (Å²) in [6.07, 6.45) is 10.2. The molecule has 0 unspecified atom stereocenters. The van der Waals surface area contributed by atoms with Gasteiger partial charge in [-0.3, -0.25) is 0 Å². The second-order valence-corrected chi connectivity index (χ2v) is 8.16. The van der Waals surface area contributed by atoms with Crippen LogP contribution in [0.5, 0.6) is 0 Å². The molecule has 2 spiro atoms. The monoisotopic (exact) mass is 339 g/mol. The summed E-state index contributed by atoms with van der Waals surface area (Å²) < 4.78 is 31.0. The molecule has 6 nitrogen and oxygen atoms in total. The highest BCUT2D eigenvalue weighted by atomic mass is 16.8. The molecule has 0 aromatic heterocycles. The molecule has 2 saturated carbocycles. The minimum absolute atomic E-state index is 0.113. The molecule has 0 aromatic rings. The van der Waals surface area contributed by atoms with E-state index >= 15 is 0 Å². The van der Waals surface area contributed by atoms with E-state index in [9.17, 15) is 0 Å². The van der Waals surface area contributed by atoms with Crippen molar-refractivity contribution >= 4 is 0 Å². The molecule has 2 aliphatic carbocycles. The van der Waals surface area contributed by atoms with Gasteiger partial charge >= 0.3 is 0 Å². The van der Waals surface area contributed by atoms with Crippen molar-refractivity contribution in [3.63, 3.8) is 0 Å². The normalized spacial score (nSPS) is 46.6. The Morgan fingerprint density at radius 2 is 1.38 bits per heavy atom. The lowest BCUT2D eigenvalue weighted by molar-refractivity contribution is -0.251. The van der Waals surface area contributed by atoms with Crippen LogP contribution in [0.1, 0.15) is 64.2 Å². The van der Waals surface area contributed by atoms with E-state index in [2.05, 4.69) is 0 Å². The Hall–Kier alpha value is -0.240. The first-order valence-electron chi connectivity index (χ1n) is 9.77. The van der Waals surface area contributed by atoms with Gasteiger partial charge in [0.05, 0.1) is 12.6 Å². The molecule has 3 saturated heterocycles. The van der Waals surface area contributed by atoms with E-state index in [-0.39, 0.29) is 30.6 Å². The lowest BCUT2D eigenvalue weighted by atomic mass is 9.94. The third kappa shape index (κ3) is 2.54. The van der Waals surface area contributed by atoms with Gasteiger partial charge in [0, 0.05) is 25.7 Å². The Bertz CT molecular complexity index is 474. The van der Waals surface area contributed by atoms with Crippen molar-refractivity contribution in [1.29, 1.82) is 0 Å². The maximum absolute atomic E-state index is 6.49. The van der Waals surface area contributed by atoms with E-state index in [1.54, 1.807) is 0 Å². The third-order valence-electron chi connectivity index (χ3n) is 6.47. The topological polar surface area (TPSA) is 72.2 Å². The van der Waals surface area contributed by atoms with E-state index in [1.165, 1.54) is 25.7 Å². The van der Waals surface area contributed by atoms with Crippen molar-refractivity contribution < 1.29 is 23.7 Å². The molecule has 136 valence electrons. The number of ether oxygens (including phenoxy) is 5. The van der Waals surface area contributed by atoms with E-state index < -0.39 is 11.6 Å². The van der Waals surface area contributed by atoms with Crippen molar-refractivity contribution in [3.05, 3.63) is 0 Å². The van der Waals surface area contributed by atoms with Crippen molar-refractivity contribution in [2.45, 2.75) is 106 Å². The minimum Gasteiger partial charge on any atom is -0.347 e. The molecule has 5 atom stereocenters.